The highest BCUT2D eigenvalue weighted by molar-refractivity contribution is 6.31. The Balaban J connectivity index is 1.88. The van der Waals surface area contributed by atoms with Gasteiger partial charge in [0.25, 0.3) is 5.91 Å². The zero-order chi connectivity index (χ0) is 19.3. The van der Waals surface area contributed by atoms with Crippen molar-refractivity contribution >= 4 is 29.1 Å². The summed E-state index contributed by atoms with van der Waals surface area (Å²) < 4.78 is 10.9. The number of carbonyl (C=O) groups excluding carboxylic acids is 2. The molecule has 0 aliphatic carbocycles. The number of quaternary nitrogens is 1. The summed E-state index contributed by atoms with van der Waals surface area (Å²) in [4.78, 5) is 27.3. The van der Waals surface area contributed by atoms with Gasteiger partial charge in [0.05, 0.1) is 19.3 Å². The van der Waals surface area contributed by atoms with E-state index in [1.807, 2.05) is 13.8 Å². The van der Waals surface area contributed by atoms with Crippen LogP contribution in [0.4, 0.5) is 5.69 Å². The standard InChI is InChI=1S/C18H26ClN3O4/c1-12-8-22(9-13(2)26-12)11-18(24)21(3)10-17(23)20-15-7-14(19)5-6-16(15)25-4/h5-7,12-13H,8-11H2,1-4H3,(H,20,23)/p+1/t12-,13+. The Morgan fingerprint density at radius 3 is 2.62 bits per heavy atom. The van der Waals surface area contributed by atoms with E-state index in [9.17, 15) is 9.59 Å². The average molecular weight is 385 g/mol. The van der Waals surface area contributed by atoms with Gasteiger partial charge < -0.3 is 24.6 Å². The SMILES string of the molecule is COc1ccc(Cl)cc1NC(=O)CN(C)C(=O)C[NH+]1C[C@@H](C)O[C@@H](C)C1. The molecular formula is C18H27ClN3O4+. The van der Waals surface area contributed by atoms with Gasteiger partial charge >= 0.3 is 0 Å². The van der Waals surface area contributed by atoms with Gasteiger partial charge in [-0.3, -0.25) is 9.59 Å². The summed E-state index contributed by atoms with van der Waals surface area (Å²) >= 11 is 5.96. The molecule has 3 atom stereocenters. The Bertz CT molecular complexity index is 645. The number of hydrogen-bond donors (Lipinski definition) is 2. The number of nitrogens with one attached hydrogen (secondary N) is 2. The normalized spacial score (nSPS) is 22.6. The fourth-order valence-corrected chi connectivity index (χ4v) is 3.33. The number of ether oxygens (including phenoxy) is 2. The van der Waals surface area contributed by atoms with Crippen molar-refractivity contribution in [2.75, 3.05) is 45.7 Å². The first-order valence-corrected chi connectivity index (χ1v) is 9.02. The van der Waals surface area contributed by atoms with Crippen LogP contribution in [0.25, 0.3) is 0 Å². The minimum absolute atomic E-state index is 0.0383. The van der Waals surface area contributed by atoms with Crippen molar-refractivity contribution in [1.29, 1.82) is 0 Å². The van der Waals surface area contributed by atoms with Gasteiger partial charge in [-0.2, -0.15) is 0 Å². The molecule has 1 aromatic carbocycles. The lowest BCUT2D eigenvalue weighted by Gasteiger charge is -2.32. The van der Waals surface area contributed by atoms with Crippen LogP contribution >= 0.6 is 11.6 Å². The summed E-state index contributed by atoms with van der Waals surface area (Å²) in [6, 6.07) is 4.97. The molecule has 2 amide bonds. The van der Waals surface area contributed by atoms with E-state index in [-0.39, 0.29) is 30.6 Å². The Labute approximate surface area is 159 Å². The molecule has 1 fully saturated rings. The van der Waals surface area contributed by atoms with Crippen molar-refractivity contribution in [2.24, 2.45) is 0 Å². The van der Waals surface area contributed by atoms with Crippen LogP contribution in [0.15, 0.2) is 18.2 Å². The van der Waals surface area contributed by atoms with Gasteiger partial charge in [0.2, 0.25) is 5.91 Å². The lowest BCUT2D eigenvalue weighted by molar-refractivity contribution is -0.907. The second-order valence-corrected chi connectivity index (χ2v) is 7.17. The molecular weight excluding hydrogens is 358 g/mol. The second kappa shape index (κ2) is 9.21. The third-order valence-corrected chi connectivity index (χ3v) is 4.50. The number of hydrogen-bond acceptors (Lipinski definition) is 4. The summed E-state index contributed by atoms with van der Waals surface area (Å²) in [6.45, 7) is 5.91. The molecule has 1 aliphatic heterocycles. The van der Waals surface area contributed by atoms with Crippen molar-refractivity contribution in [3.8, 4) is 5.75 Å². The molecule has 0 saturated carbocycles. The minimum atomic E-state index is -0.305. The van der Waals surface area contributed by atoms with Crippen LogP contribution in [-0.2, 0) is 14.3 Å². The Morgan fingerprint density at radius 2 is 2.00 bits per heavy atom. The van der Waals surface area contributed by atoms with Crippen molar-refractivity contribution in [3.05, 3.63) is 23.2 Å². The van der Waals surface area contributed by atoms with Gasteiger partial charge in [-0.05, 0) is 32.0 Å². The van der Waals surface area contributed by atoms with Crippen molar-refractivity contribution in [2.45, 2.75) is 26.1 Å². The summed E-state index contributed by atoms with van der Waals surface area (Å²) in [5.74, 6) is 0.132. The molecule has 0 spiro atoms. The zero-order valence-electron chi connectivity index (χ0n) is 15.7. The lowest BCUT2D eigenvalue weighted by Crippen LogP contribution is -3.16. The first-order chi connectivity index (χ1) is 12.3. The Hall–Kier alpha value is -1.83. The largest absolute Gasteiger partial charge is 0.495 e. The van der Waals surface area contributed by atoms with Crippen molar-refractivity contribution in [3.63, 3.8) is 0 Å². The number of likely N-dealkylation sites (N-methyl/N-ethyl adjacent to an activating group) is 1. The molecule has 1 unspecified atom stereocenters. The van der Waals surface area contributed by atoms with Crippen LogP contribution in [0.1, 0.15) is 13.8 Å². The number of methoxy groups -OCH3 is 1. The Kier molecular flexibility index (Phi) is 7.25. The summed E-state index contributed by atoms with van der Waals surface area (Å²) in [5.41, 5.74) is 0.479. The predicted molar refractivity (Wildman–Crippen MR) is 99.8 cm³/mol. The average Bonchev–Trinajstić information content (AvgIpc) is 2.53. The van der Waals surface area contributed by atoms with E-state index in [0.717, 1.165) is 13.1 Å². The van der Waals surface area contributed by atoms with Crippen LogP contribution in [0.5, 0.6) is 5.75 Å². The van der Waals surface area contributed by atoms with E-state index in [1.54, 1.807) is 25.2 Å². The summed E-state index contributed by atoms with van der Waals surface area (Å²) in [6.07, 6.45) is 0.260. The van der Waals surface area contributed by atoms with E-state index in [1.165, 1.54) is 16.9 Å². The summed E-state index contributed by atoms with van der Waals surface area (Å²) in [5, 5.41) is 3.23. The molecule has 0 aromatic heterocycles. The number of carbonyl (C=O) groups is 2. The number of nitrogens with zero attached hydrogens (tertiary/aromatic N) is 1. The molecule has 0 bridgehead atoms. The maximum atomic E-state index is 12.4. The molecule has 1 heterocycles. The van der Waals surface area contributed by atoms with E-state index >= 15 is 0 Å². The van der Waals surface area contributed by atoms with Crippen LogP contribution in [0.2, 0.25) is 5.02 Å². The topological polar surface area (TPSA) is 72.3 Å². The van der Waals surface area contributed by atoms with Crippen LogP contribution in [-0.4, -0.2) is 69.3 Å². The maximum absolute atomic E-state index is 12.4. The molecule has 8 heteroatoms. The van der Waals surface area contributed by atoms with Crippen LogP contribution in [0.3, 0.4) is 0 Å². The van der Waals surface area contributed by atoms with E-state index < -0.39 is 0 Å². The van der Waals surface area contributed by atoms with Gasteiger partial charge in [-0.15, -0.1) is 0 Å². The van der Waals surface area contributed by atoms with Gasteiger partial charge in [0, 0.05) is 12.1 Å². The zero-order valence-corrected chi connectivity index (χ0v) is 16.4. The van der Waals surface area contributed by atoms with Gasteiger partial charge in [0.1, 0.15) is 31.0 Å². The second-order valence-electron chi connectivity index (χ2n) is 6.73. The third-order valence-electron chi connectivity index (χ3n) is 4.26. The van der Waals surface area contributed by atoms with Gasteiger partial charge in [-0.1, -0.05) is 11.6 Å². The number of anilines is 1. The van der Waals surface area contributed by atoms with Crippen molar-refractivity contribution < 1.29 is 24.0 Å². The van der Waals surface area contributed by atoms with Gasteiger partial charge in [-0.25, -0.2) is 0 Å². The first kappa shape index (κ1) is 20.5. The van der Waals surface area contributed by atoms with Crippen LogP contribution < -0.4 is 15.0 Å². The fraction of sp³-hybridized carbons (Fsp3) is 0.556. The number of rotatable bonds is 6. The minimum Gasteiger partial charge on any atom is -0.495 e. The number of morpholine rings is 1. The highest BCUT2D eigenvalue weighted by Gasteiger charge is 2.28. The van der Waals surface area contributed by atoms with Crippen molar-refractivity contribution in [1.82, 2.24) is 4.90 Å². The third kappa shape index (κ3) is 5.86. The van der Waals surface area contributed by atoms with E-state index in [0.29, 0.717) is 23.0 Å². The first-order valence-electron chi connectivity index (χ1n) is 8.65. The highest BCUT2D eigenvalue weighted by Crippen LogP contribution is 2.27. The monoisotopic (exact) mass is 384 g/mol. The maximum Gasteiger partial charge on any atom is 0.277 e. The van der Waals surface area contributed by atoms with E-state index in [4.69, 9.17) is 21.1 Å². The molecule has 144 valence electrons. The lowest BCUT2D eigenvalue weighted by atomic mass is 10.2. The van der Waals surface area contributed by atoms with Crippen LogP contribution in [0, 0.1) is 0 Å². The molecule has 1 aliphatic rings. The summed E-state index contributed by atoms with van der Waals surface area (Å²) in [7, 11) is 3.14. The smallest absolute Gasteiger partial charge is 0.277 e. The predicted octanol–water partition coefficient (Wildman–Crippen LogP) is 0.438. The highest BCUT2D eigenvalue weighted by atomic mass is 35.5. The number of amides is 2. The molecule has 7 nitrogen and oxygen atoms in total. The quantitative estimate of drug-likeness (QED) is 0.746. The fourth-order valence-electron chi connectivity index (χ4n) is 3.15. The molecule has 26 heavy (non-hydrogen) atoms. The van der Waals surface area contributed by atoms with E-state index in [2.05, 4.69) is 5.32 Å². The molecule has 1 aromatic rings. The van der Waals surface area contributed by atoms with Gasteiger partial charge in [0.15, 0.2) is 6.54 Å². The number of benzene rings is 1. The Morgan fingerprint density at radius 1 is 1.35 bits per heavy atom. The molecule has 2 N–H and O–H groups in total. The number of halogens is 1. The molecule has 1 saturated heterocycles. The molecule has 0 radical (unpaired) electrons. The molecule has 2 rings (SSSR count).